The minimum absolute atomic E-state index is 0. The summed E-state index contributed by atoms with van der Waals surface area (Å²) in [4.78, 5) is 0. The first-order chi connectivity index (χ1) is 4.20. The lowest BCUT2D eigenvalue weighted by molar-refractivity contribution is 0.618. The van der Waals surface area contributed by atoms with E-state index in [1.807, 2.05) is 0 Å². The maximum Gasteiger partial charge on any atom is 0.0336 e. The number of rotatable bonds is 4. The van der Waals surface area contributed by atoms with Gasteiger partial charge in [-0.15, -0.1) is 0 Å². The molecule has 0 heterocycles. The summed E-state index contributed by atoms with van der Waals surface area (Å²) in [5.74, 6) is 0.992. The SMILES string of the molecule is C.C.CCC(C)C[SiH](C)CC. The molecule has 0 rings (SSSR count). The second-order valence-corrected chi connectivity index (χ2v) is 6.76. The van der Waals surface area contributed by atoms with E-state index in [-0.39, 0.29) is 23.7 Å². The van der Waals surface area contributed by atoms with Crippen molar-refractivity contribution in [2.45, 2.75) is 60.7 Å². The maximum atomic E-state index is 2.48. The van der Waals surface area contributed by atoms with E-state index >= 15 is 0 Å². The Morgan fingerprint density at radius 1 is 1.18 bits per heavy atom. The predicted octanol–water partition coefficient (Wildman–Crippen LogP) is 4.18. The molecule has 0 spiro atoms. The summed E-state index contributed by atoms with van der Waals surface area (Å²) in [6.07, 6.45) is 1.37. The molecule has 0 aromatic rings. The van der Waals surface area contributed by atoms with Gasteiger partial charge in [-0.25, -0.2) is 0 Å². The van der Waals surface area contributed by atoms with Gasteiger partial charge in [0.1, 0.15) is 0 Å². The van der Waals surface area contributed by atoms with Gasteiger partial charge in [0.05, 0.1) is 0 Å². The Morgan fingerprint density at radius 2 is 1.64 bits per heavy atom. The van der Waals surface area contributed by atoms with Crippen molar-refractivity contribution in [3.8, 4) is 0 Å². The van der Waals surface area contributed by atoms with Crippen molar-refractivity contribution in [1.29, 1.82) is 0 Å². The normalized spacial score (nSPS) is 14.2. The zero-order valence-corrected chi connectivity index (χ0v) is 8.43. The van der Waals surface area contributed by atoms with Gasteiger partial charge in [0, 0.05) is 8.80 Å². The standard InChI is InChI=1S/C8H20Si.2CH4/c1-5-8(3)7-9(4)6-2;;/h8-9H,5-7H2,1-4H3;2*1H4. The first-order valence-electron chi connectivity index (χ1n) is 4.20. The second-order valence-electron chi connectivity index (χ2n) is 3.26. The Morgan fingerprint density at radius 3 is 1.91 bits per heavy atom. The van der Waals surface area contributed by atoms with E-state index in [2.05, 4.69) is 27.3 Å². The van der Waals surface area contributed by atoms with Crippen molar-refractivity contribution < 1.29 is 0 Å². The largest absolute Gasteiger partial charge is 0.0776 e. The van der Waals surface area contributed by atoms with Crippen LogP contribution in [0.4, 0.5) is 0 Å². The fourth-order valence-electron chi connectivity index (χ4n) is 1.02. The quantitative estimate of drug-likeness (QED) is 0.564. The highest BCUT2D eigenvalue weighted by atomic mass is 28.3. The predicted molar refractivity (Wildman–Crippen MR) is 61.2 cm³/mol. The molecule has 0 nitrogen and oxygen atoms in total. The highest BCUT2D eigenvalue weighted by Gasteiger charge is 2.04. The zero-order chi connectivity index (χ0) is 7.28. The van der Waals surface area contributed by atoms with Gasteiger partial charge < -0.3 is 0 Å². The third kappa shape index (κ3) is 10.2. The van der Waals surface area contributed by atoms with Crippen molar-refractivity contribution in [3.63, 3.8) is 0 Å². The van der Waals surface area contributed by atoms with Gasteiger partial charge >= 0.3 is 0 Å². The Kier molecular flexibility index (Phi) is 16.1. The van der Waals surface area contributed by atoms with Gasteiger partial charge in [-0.05, 0) is 5.92 Å². The second kappa shape index (κ2) is 10.2. The molecule has 0 saturated carbocycles. The summed E-state index contributed by atoms with van der Waals surface area (Å²) in [7, 11) is -0.257. The first kappa shape index (κ1) is 17.3. The van der Waals surface area contributed by atoms with Crippen LogP contribution in [0.1, 0.15) is 42.0 Å². The summed E-state index contributed by atoms with van der Waals surface area (Å²) >= 11 is 0. The van der Waals surface area contributed by atoms with Gasteiger partial charge in [-0.2, -0.15) is 0 Å². The van der Waals surface area contributed by atoms with Crippen LogP contribution in [0.25, 0.3) is 0 Å². The minimum atomic E-state index is -0.257. The van der Waals surface area contributed by atoms with Crippen molar-refractivity contribution >= 4 is 8.80 Å². The van der Waals surface area contributed by atoms with Gasteiger partial charge in [0.25, 0.3) is 0 Å². The third-order valence-corrected chi connectivity index (χ3v) is 5.20. The Balaban J connectivity index is -0.000000320. The Bertz CT molecular complexity index is 53.9. The molecule has 0 radical (unpaired) electrons. The van der Waals surface area contributed by atoms with Gasteiger partial charge in [-0.1, -0.05) is 60.7 Å². The van der Waals surface area contributed by atoms with E-state index < -0.39 is 0 Å². The molecular formula is C10H28Si. The van der Waals surface area contributed by atoms with Crippen LogP contribution in [-0.2, 0) is 0 Å². The molecule has 0 bridgehead atoms. The molecule has 0 aliphatic heterocycles. The molecule has 0 aliphatic rings. The van der Waals surface area contributed by atoms with Gasteiger partial charge in [0.15, 0.2) is 0 Å². The summed E-state index contributed by atoms with van der Waals surface area (Å²) < 4.78 is 0. The summed E-state index contributed by atoms with van der Waals surface area (Å²) in [6.45, 7) is 9.48. The van der Waals surface area contributed by atoms with Crippen molar-refractivity contribution in [3.05, 3.63) is 0 Å². The molecule has 0 aromatic heterocycles. The van der Waals surface area contributed by atoms with Gasteiger partial charge in [-0.3, -0.25) is 0 Å². The smallest absolute Gasteiger partial charge is 0.0336 e. The zero-order valence-electron chi connectivity index (χ0n) is 7.28. The van der Waals surface area contributed by atoms with E-state index in [4.69, 9.17) is 0 Å². The third-order valence-electron chi connectivity index (χ3n) is 2.20. The molecule has 2 atom stereocenters. The molecule has 0 aromatic carbocycles. The average molecular weight is 176 g/mol. The highest BCUT2D eigenvalue weighted by molar-refractivity contribution is 6.57. The van der Waals surface area contributed by atoms with Crippen LogP contribution in [0.2, 0.25) is 18.6 Å². The lowest BCUT2D eigenvalue weighted by atomic mass is 10.2. The van der Waals surface area contributed by atoms with Crippen LogP contribution in [0, 0.1) is 5.92 Å². The molecule has 0 amide bonds. The van der Waals surface area contributed by atoms with Crippen molar-refractivity contribution in [2.24, 2.45) is 5.92 Å². The molecule has 0 saturated heterocycles. The molecular weight excluding hydrogens is 148 g/mol. The topological polar surface area (TPSA) is 0 Å². The Hall–Kier alpha value is 0.217. The van der Waals surface area contributed by atoms with Crippen molar-refractivity contribution in [1.82, 2.24) is 0 Å². The lowest BCUT2D eigenvalue weighted by Gasteiger charge is -2.11. The van der Waals surface area contributed by atoms with Crippen LogP contribution < -0.4 is 0 Å². The fraction of sp³-hybridized carbons (Fsp3) is 1.00. The average Bonchev–Trinajstić information content (AvgIpc) is 1.87. The maximum absolute atomic E-state index is 2.48. The molecule has 0 N–H and O–H groups in total. The van der Waals surface area contributed by atoms with E-state index in [1.165, 1.54) is 12.5 Å². The number of hydrogen-bond donors (Lipinski definition) is 0. The van der Waals surface area contributed by atoms with Crippen LogP contribution >= 0.6 is 0 Å². The molecule has 1 heteroatoms. The van der Waals surface area contributed by atoms with Crippen LogP contribution in [0.3, 0.4) is 0 Å². The van der Waals surface area contributed by atoms with E-state index in [1.54, 1.807) is 6.04 Å². The molecule has 72 valence electrons. The molecule has 11 heavy (non-hydrogen) atoms. The summed E-state index contributed by atoms with van der Waals surface area (Å²) in [6, 6.07) is 3.03. The van der Waals surface area contributed by atoms with Crippen LogP contribution in [-0.4, -0.2) is 8.80 Å². The van der Waals surface area contributed by atoms with Crippen LogP contribution in [0.15, 0.2) is 0 Å². The Labute approximate surface area is 76.0 Å². The monoisotopic (exact) mass is 176 g/mol. The fourth-order valence-corrected chi connectivity index (χ4v) is 3.06. The first-order valence-corrected chi connectivity index (χ1v) is 6.99. The van der Waals surface area contributed by atoms with E-state index in [0.717, 1.165) is 5.92 Å². The van der Waals surface area contributed by atoms with Crippen molar-refractivity contribution in [2.75, 3.05) is 0 Å². The number of hydrogen-bond acceptors (Lipinski definition) is 0. The summed E-state index contributed by atoms with van der Waals surface area (Å²) in [5, 5.41) is 0. The lowest BCUT2D eigenvalue weighted by Crippen LogP contribution is -2.08. The highest BCUT2D eigenvalue weighted by Crippen LogP contribution is 2.12. The molecule has 0 aliphatic carbocycles. The molecule has 0 fully saturated rings. The van der Waals surface area contributed by atoms with E-state index in [9.17, 15) is 0 Å². The van der Waals surface area contributed by atoms with Crippen LogP contribution in [0.5, 0.6) is 0 Å². The molecule has 2 unspecified atom stereocenters. The minimum Gasteiger partial charge on any atom is -0.0776 e. The summed E-state index contributed by atoms with van der Waals surface area (Å²) in [5.41, 5.74) is 0. The van der Waals surface area contributed by atoms with E-state index in [0.29, 0.717) is 0 Å². The van der Waals surface area contributed by atoms with Gasteiger partial charge in [0.2, 0.25) is 0 Å².